The predicted molar refractivity (Wildman–Crippen MR) is 130 cm³/mol. The number of methoxy groups -OCH3 is 3. The molecule has 1 N–H and O–H groups in total. The minimum atomic E-state index is -0.705. The summed E-state index contributed by atoms with van der Waals surface area (Å²) in [5.74, 6) is 0.642. The molecule has 180 valence electrons. The lowest BCUT2D eigenvalue weighted by molar-refractivity contribution is -0.385. The van der Waals surface area contributed by atoms with E-state index in [-0.39, 0.29) is 17.1 Å². The fourth-order valence-corrected chi connectivity index (χ4v) is 4.19. The number of aromatic nitrogens is 3. The molecule has 0 aliphatic rings. The number of aryl methyl sites for hydroxylation is 1. The van der Waals surface area contributed by atoms with E-state index < -0.39 is 16.5 Å². The molecule has 2 heterocycles. The second kappa shape index (κ2) is 9.81. The zero-order valence-electron chi connectivity index (χ0n) is 19.3. The van der Waals surface area contributed by atoms with Crippen LogP contribution in [0.1, 0.15) is 16.1 Å². The molecule has 0 aliphatic heterocycles. The summed E-state index contributed by atoms with van der Waals surface area (Å²) in [5, 5.41) is 21.1. The van der Waals surface area contributed by atoms with Crippen molar-refractivity contribution < 1.29 is 23.9 Å². The van der Waals surface area contributed by atoms with Gasteiger partial charge in [0.1, 0.15) is 17.1 Å². The number of nitro benzene ring substituents is 1. The summed E-state index contributed by atoms with van der Waals surface area (Å²) in [6, 6.07) is 11.6. The quantitative estimate of drug-likeness (QED) is 0.279. The van der Waals surface area contributed by atoms with Gasteiger partial charge >= 0.3 is 0 Å². The fraction of sp³-hybridized carbons (Fsp3) is 0.174. The number of ether oxygens (including phenoxy) is 3. The van der Waals surface area contributed by atoms with Crippen molar-refractivity contribution in [2.24, 2.45) is 0 Å². The molecule has 0 aliphatic carbocycles. The van der Waals surface area contributed by atoms with Gasteiger partial charge in [-0.15, -0.1) is 11.3 Å². The Labute approximate surface area is 204 Å². The molecule has 4 rings (SSSR count). The van der Waals surface area contributed by atoms with Crippen LogP contribution in [0.5, 0.6) is 17.2 Å². The lowest BCUT2D eigenvalue weighted by Crippen LogP contribution is -2.17. The number of nitro groups is 1. The van der Waals surface area contributed by atoms with E-state index in [1.165, 1.54) is 36.3 Å². The van der Waals surface area contributed by atoms with Gasteiger partial charge in [-0.1, -0.05) is 12.1 Å². The zero-order chi connectivity index (χ0) is 25.1. The molecule has 0 bridgehead atoms. The number of benzene rings is 2. The number of amides is 1. The molecular weight excluding hydrogens is 474 g/mol. The Hall–Kier alpha value is -4.45. The van der Waals surface area contributed by atoms with Gasteiger partial charge in [0.05, 0.1) is 43.7 Å². The Morgan fingerprint density at radius 1 is 1.09 bits per heavy atom. The summed E-state index contributed by atoms with van der Waals surface area (Å²) in [7, 11) is 4.33. The number of hydrogen-bond acceptors (Lipinski definition) is 9. The zero-order valence-corrected chi connectivity index (χ0v) is 20.1. The first-order valence-electron chi connectivity index (χ1n) is 10.2. The Kier molecular flexibility index (Phi) is 6.64. The van der Waals surface area contributed by atoms with Gasteiger partial charge in [0, 0.05) is 23.1 Å². The first-order valence-corrected chi connectivity index (χ1v) is 11.1. The number of anilines is 1. The van der Waals surface area contributed by atoms with E-state index in [0.717, 1.165) is 11.6 Å². The summed E-state index contributed by atoms with van der Waals surface area (Å²) in [6.45, 7) is 1.77. The molecule has 1 amide bonds. The highest BCUT2D eigenvalue weighted by atomic mass is 32.1. The molecule has 0 saturated carbocycles. The van der Waals surface area contributed by atoms with Crippen molar-refractivity contribution in [1.29, 1.82) is 0 Å². The molecule has 0 saturated heterocycles. The number of carbonyl (C=O) groups excluding carboxylic acids is 1. The van der Waals surface area contributed by atoms with Gasteiger partial charge in [0.15, 0.2) is 11.5 Å². The smallest absolute Gasteiger partial charge is 0.286 e. The van der Waals surface area contributed by atoms with Crippen molar-refractivity contribution in [1.82, 2.24) is 14.8 Å². The molecule has 0 atom stereocenters. The highest BCUT2D eigenvalue weighted by Crippen LogP contribution is 2.35. The molecule has 35 heavy (non-hydrogen) atoms. The molecule has 0 spiro atoms. The van der Waals surface area contributed by atoms with Crippen molar-refractivity contribution in [2.45, 2.75) is 6.92 Å². The van der Waals surface area contributed by atoms with Crippen LogP contribution in [0.3, 0.4) is 0 Å². The number of nitrogens with one attached hydrogen (secondary N) is 1. The normalized spacial score (nSPS) is 10.6. The standard InChI is InChI=1S/C23H21N5O6S/c1-13-8-21(25-22(29)16-10-19(33-3)20(34-4)11-18(16)28(30)31)27(26-13)23-24-17(12-35-23)14-6-5-7-15(9-14)32-2/h5-12H,1-4H3,(H,25,29). The fourth-order valence-electron chi connectivity index (χ4n) is 3.40. The maximum absolute atomic E-state index is 13.1. The van der Waals surface area contributed by atoms with E-state index in [0.29, 0.717) is 28.1 Å². The maximum atomic E-state index is 13.1. The van der Waals surface area contributed by atoms with Gasteiger partial charge in [-0.25, -0.2) is 4.98 Å². The van der Waals surface area contributed by atoms with Crippen LogP contribution in [-0.4, -0.2) is 46.9 Å². The second-order valence-electron chi connectivity index (χ2n) is 7.27. The molecule has 12 heteroatoms. The van der Waals surface area contributed by atoms with Crippen LogP contribution < -0.4 is 19.5 Å². The summed E-state index contributed by atoms with van der Waals surface area (Å²) in [5.41, 5.74) is 1.60. The van der Waals surface area contributed by atoms with E-state index in [4.69, 9.17) is 14.2 Å². The molecule has 0 unspecified atom stereocenters. The SMILES string of the molecule is COc1cccc(-c2csc(-n3nc(C)cc3NC(=O)c3cc(OC)c(OC)cc3[N+](=O)[O-])n2)c1. The van der Waals surface area contributed by atoms with Gasteiger partial charge < -0.3 is 19.5 Å². The average Bonchev–Trinajstić information content (AvgIpc) is 3.49. The van der Waals surface area contributed by atoms with Crippen LogP contribution in [0, 0.1) is 17.0 Å². The second-order valence-corrected chi connectivity index (χ2v) is 8.10. The van der Waals surface area contributed by atoms with E-state index in [1.54, 1.807) is 20.1 Å². The van der Waals surface area contributed by atoms with E-state index >= 15 is 0 Å². The molecule has 11 nitrogen and oxygen atoms in total. The first kappa shape index (κ1) is 23.7. The first-order chi connectivity index (χ1) is 16.8. The van der Waals surface area contributed by atoms with Crippen molar-refractivity contribution >= 4 is 28.7 Å². The molecule has 0 radical (unpaired) electrons. The molecule has 4 aromatic rings. The monoisotopic (exact) mass is 495 g/mol. The topological polar surface area (TPSA) is 131 Å². The van der Waals surface area contributed by atoms with Crippen molar-refractivity contribution in [3.8, 4) is 33.6 Å². The summed E-state index contributed by atoms with van der Waals surface area (Å²) >= 11 is 1.33. The Morgan fingerprint density at radius 2 is 1.83 bits per heavy atom. The maximum Gasteiger partial charge on any atom is 0.286 e. The lowest BCUT2D eigenvalue weighted by atomic mass is 10.1. The number of hydrogen-bond donors (Lipinski definition) is 1. The number of carbonyl (C=O) groups is 1. The summed E-state index contributed by atoms with van der Waals surface area (Å²) < 4.78 is 17.1. The third-order valence-corrected chi connectivity index (χ3v) is 5.87. The van der Waals surface area contributed by atoms with Crippen LogP contribution in [0.25, 0.3) is 16.4 Å². The van der Waals surface area contributed by atoms with E-state index in [9.17, 15) is 14.9 Å². The average molecular weight is 496 g/mol. The molecule has 2 aromatic carbocycles. The third-order valence-electron chi connectivity index (χ3n) is 5.06. The van der Waals surface area contributed by atoms with Crippen molar-refractivity contribution in [2.75, 3.05) is 26.6 Å². The predicted octanol–water partition coefficient (Wildman–Crippen LogP) is 4.49. The van der Waals surface area contributed by atoms with Crippen LogP contribution in [0.15, 0.2) is 47.8 Å². The minimum absolute atomic E-state index is 0.143. The van der Waals surface area contributed by atoms with Crippen LogP contribution >= 0.6 is 11.3 Å². The summed E-state index contributed by atoms with van der Waals surface area (Å²) in [4.78, 5) is 28.7. The Balaban J connectivity index is 1.68. The highest BCUT2D eigenvalue weighted by molar-refractivity contribution is 7.12. The van der Waals surface area contributed by atoms with Crippen LogP contribution in [-0.2, 0) is 0 Å². The van der Waals surface area contributed by atoms with E-state index in [2.05, 4.69) is 15.4 Å². The Bertz CT molecular complexity index is 1410. The third kappa shape index (κ3) is 4.77. The van der Waals surface area contributed by atoms with Gasteiger partial charge in [0.2, 0.25) is 5.13 Å². The van der Waals surface area contributed by atoms with Crippen LogP contribution in [0.4, 0.5) is 11.5 Å². The highest BCUT2D eigenvalue weighted by Gasteiger charge is 2.26. The largest absolute Gasteiger partial charge is 0.497 e. The van der Waals surface area contributed by atoms with Crippen molar-refractivity contribution in [3.05, 3.63) is 69.2 Å². The van der Waals surface area contributed by atoms with E-state index in [1.807, 2.05) is 29.6 Å². The van der Waals surface area contributed by atoms with Crippen molar-refractivity contribution in [3.63, 3.8) is 0 Å². The summed E-state index contributed by atoms with van der Waals surface area (Å²) in [6.07, 6.45) is 0. The lowest BCUT2D eigenvalue weighted by Gasteiger charge is -2.11. The van der Waals surface area contributed by atoms with Crippen LogP contribution in [0.2, 0.25) is 0 Å². The molecule has 2 aromatic heterocycles. The number of nitrogens with zero attached hydrogens (tertiary/aromatic N) is 4. The number of thiazole rings is 1. The van der Waals surface area contributed by atoms with Gasteiger partial charge in [-0.2, -0.15) is 9.78 Å². The van der Waals surface area contributed by atoms with Gasteiger partial charge in [-0.05, 0) is 19.1 Å². The number of rotatable bonds is 8. The molecular formula is C23H21N5O6S. The Morgan fingerprint density at radius 3 is 2.51 bits per heavy atom. The minimum Gasteiger partial charge on any atom is -0.497 e. The van der Waals surface area contributed by atoms with Gasteiger partial charge in [-0.3, -0.25) is 14.9 Å². The molecule has 0 fully saturated rings. The van der Waals surface area contributed by atoms with Gasteiger partial charge in [0.25, 0.3) is 11.6 Å².